The molecule has 0 atom stereocenters. The summed E-state index contributed by atoms with van der Waals surface area (Å²) >= 11 is 1.58. The summed E-state index contributed by atoms with van der Waals surface area (Å²) in [6.07, 6.45) is 0.639. The fourth-order valence-electron chi connectivity index (χ4n) is 1.87. The highest BCUT2D eigenvalue weighted by molar-refractivity contribution is 7.89. The third-order valence-corrected chi connectivity index (χ3v) is 5.22. The first-order valence-electron chi connectivity index (χ1n) is 6.35. The summed E-state index contributed by atoms with van der Waals surface area (Å²) in [5.74, 6) is 0.226. The van der Waals surface area contributed by atoms with Gasteiger partial charge in [0.15, 0.2) is 0 Å². The minimum absolute atomic E-state index is 0.0764. The van der Waals surface area contributed by atoms with Crippen LogP contribution in [0.25, 0.3) is 0 Å². The van der Waals surface area contributed by atoms with Gasteiger partial charge in [-0.15, -0.1) is 0 Å². The number of hydrogen-bond acceptors (Lipinski definition) is 5. The SMILES string of the molecule is COc1cc(CO)ccc1S(=O)(=O)NCCc1ccsc1. The molecule has 2 aromatic rings. The van der Waals surface area contributed by atoms with Crippen LogP contribution in [0.3, 0.4) is 0 Å². The lowest BCUT2D eigenvalue weighted by Crippen LogP contribution is -2.26. The molecule has 0 spiro atoms. The Morgan fingerprint density at radius 2 is 2.10 bits per heavy atom. The quantitative estimate of drug-likeness (QED) is 0.813. The maximum atomic E-state index is 12.3. The van der Waals surface area contributed by atoms with Crippen molar-refractivity contribution in [2.45, 2.75) is 17.9 Å². The van der Waals surface area contributed by atoms with Crippen molar-refractivity contribution in [1.82, 2.24) is 4.72 Å². The molecule has 2 N–H and O–H groups in total. The number of aliphatic hydroxyl groups is 1. The average Bonchev–Trinajstić information content (AvgIpc) is 2.99. The van der Waals surface area contributed by atoms with E-state index in [0.29, 0.717) is 18.5 Å². The van der Waals surface area contributed by atoms with Crippen molar-refractivity contribution in [3.8, 4) is 5.75 Å². The first-order chi connectivity index (χ1) is 10.1. The van der Waals surface area contributed by atoms with Gasteiger partial charge >= 0.3 is 0 Å². The minimum atomic E-state index is -3.63. The van der Waals surface area contributed by atoms with Crippen LogP contribution >= 0.6 is 11.3 Å². The molecule has 0 aliphatic heterocycles. The predicted octanol–water partition coefficient (Wildman–Crippen LogP) is 1.77. The van der Waals surface area contributed by atoms with Gasteiger partial charge in [-0.25, -0.2) is 13.1 Å². The second-order valence-electron chi connectivity index (χ2n) is 4.42. The van der Waals surface area contributed by atoms with Crippen molar-refractivity contribution in [3.63, 3.8) is 0 Å². The molecule has 0 saturated heterocycles. The van der Waals surface area contributed by atoms with Crippen molar-refractivity contribution in [2.75, 3.05) is 13.7 Å². The van der Waals surface area contributed by atoms with E-state index in [1.54, 1.807) is 17.4 Å². The lowest BCUT2D eigenvalue weighted by Gasteiger charge is -2.11. The van der Waals surface area contributed by atoms with E-state index in [1.807, 2.05) is 16.8 Å². The molecule has 0 unspecified atom stereocenters. The monoisotopic (exact) mass is 327 g/mol. The van der Waals surface area contributed by atoms with Crippen LogP contribution in [0, 0.1) is 0 Å². The fourth-order valence-corrected chi connectivity index (χ4v) is 3.76. The summed E-state index contributed by atoms with van der Waals surface area (Å²) < 4.78 is 32.2. The van der Waals surface area contributed by atoms with Crippen LogP contribution in [-0.2, 0) is 23.1 Å². The van der Waals surface area contributed by atoms with Crippen LogP contribution in [0.15, 0.2) is 39.9 Å². The zero-order valence-corrected chi connectivity index (χ0v) is 13.2. The fraction of sp³-hybridized carbons (Fsp3) is 0.286. The van der Waals surface area contributed by atoms with E-state index in [0.717, 1.165) is 5.56 Å². The Balaban J connectivity index is 2.11. The molecule has 7 heteroatoms. The Hall–Kier alpha value is -1.41. The van der Waals surface area contributed by atoms with Gasteiger partial charge in [0, 0.05) is 6.54 Å². The second-order valence-corrected chi connectivity index (χ2v) is 6.94. The number of sulfonamides is 1. The average molecular weight is 327 g/mol. The molecule has 0 bridgehead atoms. The molecule has 0 saturated carbocycles. The molecule has 2 rings (SSSR count). The van der Waals surface area contributed by atoms with Gasteiger partial charge < -0.3 is 9.84 Å². The highest BCUT2D eigenvalue weighted by Crippen LogP contribution is 2.24. The number of benzene rings is 1. The molecule has 21 heavy (non-hydrogen) atoms. The van der Waals surface area contributed by atoms with Crippen LogP contribution in [0.4, 0.5) is 0 Å². The van der Waals surface area contributed by atoms with E-state index in [9.17, 15) is 8.42 Å². The molecule has 114 valence electrons. The van der Waals surface area contributed by atoms with Crippen molar-refractivity contribution < 1.29 is 18.3 Å². The molecular weight excluding hydrogens is 310 g/mol. The summed E-state index contributed by atoms with van der Waals surface area (Å²) in [5, 5.41) is 13.0. The molecule has 0 aliphatic carbocycles. The third-order valence-electron chi connectivity index (χ3n) is 2.99. The highest BCUT2D eigenvalue weighted by atomic mass is 32.2. The van der Waals surface area contributed by atoms with Gasteiger partial charge in [-0.3, -0.25) is 0 Å². The van der Waals surface area contributed by atoms with Gasteiger partial charge in [0.1, 0.15) is 10.6 Å². The third kappa shape index (κ3) is 4.04. The number of nitrogens with one attached hydrogen (secondary N) is 1. The van der Waals surface area contributed by atoms with Crippen molar-refractivity contribution in [3.05, 3.63) is 46.2 Å². The largest absolute Gasteiger partial charge is 0.495 e. The number of aliphatic hydroxyl groups excluding tert-OH is 1. The summed E-state index contributed by atoms with van der Waals surface area (Å²) in [6.45, 7) is 0.159. The van der Waals surface area contributed by atoms with E-state index in [1.165, 1.54) is 19.2 Å². The number of rotatable bonds is 7. The molecule has 0 aliphatic rings. The van der Waals surface area contributed by atoms with Crippen LogP contribution in [-0.4, -0.2) is 27.2 Å². The Labute approximate surface area is 128 Å². The van der Waals surface area contributed by atoms with E-state index >= 15 is 0 Å². The Bertz CT molecular complexity index is 681. The first-order valence-corrected chi connectivity index (χ1v) is 8.78. The summed E-state index contributed by atoms with van der Waals surface area (Å²) in [4.78, 5) is 0.0764. The standard InChI is InChI=1S/C14H17NO4S2/c1-19-13-8-12(9-16)2-3-14(13)21(17,18)15-6-4-11-5-7-20-10-11/h2-3,5,7-8,10,15-16H,4,6,9H2,1H3. The zero-order chi connectivity index (χ0) is 15.3. The molecule has 1 heterocycles. The van der Waals surface area contributed by atoms with E-state index in [-0.39, 0.29) is 17.3 Å². The summed E-state index contributed by atoms with van der Waals surface area (Å²) in [6, 6.07) is 6.50. The topological polar surface area (TPSA) is 75.6 Å². The second kappa shape index (κ2) is 7.04. The van der Waals surface area contributed by atoms with Crippen LogP contribution in [0.2, 0.25) is 0 Å². The van der Waals surface area contributed by atoms with Gasteiger partial charge in [0.25, 0.3) is 0 Å². The van der Waals surface area contributed by atoms with E-state index in [4.69, 9.17) is 9.84 Å². The molecule has 0 amide bonds. The van der Waals surface area contributed by atoms with Crippen molar-refractivity contribution in [1.29, 1.82) is 0 Å². The summed E-state index contributed by atoms with van der Waals surface area (Å²) in [7, 11) is -2.23. The predicted molar refractivity (Wildman–Crippen MR) is 82.1 cm³/mol. The maximum absolute atomic E-state index is 12.3. The van der Waals surface area contributed by atoms with Crippen LogP contribution in [0.1, 0.15) is 11.1 Å². The number of thiophene rings is 1. The van der Waals surface area contributed by atoms with Crippen molar-refractivity contribution in [2.24, 2.45) is 0 Å². The minimum Gasteiger partial charge on any atom is -0.495 e. The van der Waals surface area contributed by atoms with Gasteiger partial charge in [-0.2, -0.15) is 11.3 Å². The van der Waals surface area contributed by atoms with Gasteiger partial charge in [0.05, 0.1) is 13.7 Å². The molecular formula is C14H17NO4S2. The summed E-state index contributed by atoms with van der Waals surface area (Å²) in [5.41, 5.74) is 1.70. The van der Waals surface area contributed by atoms with Crippen molar-refractivity contribution >= 4 is 21.4 Å². The van der Waals surface area contributed by atoms with Gasteiger partial charge in [-0.1, -0.05) is 6.07 Å². The molecule has 5 nitrogen and oxygen atoms in total. The maximum Gasteiger partial charge on any atom is 0.244 e. The molecule has 0 radical (unpaired) electrons. The van der Waals surface area contributed by atoms with Gasteiger partial charge in [0.2, 0.25) is 10.0 Å². The van der Waals surface area contributed by atoms with Crippen LogP contribution in [0.5, 0.6) is 5.75 Å². The smallest absolute Gasteiger partial charge is 0.244 e. The molecule has 1 aromatic heterocycles. The van der Waals surface area contributed by atoms with Crippen LogP contribution < -0.4 is 9.46 Å². The van der Waals surface area contributed by atoms with E-state index < -0.39 is 10.0 Å². The molecule has 0 fully saturated rings. The highest BCUT2D eigenvalue weighted by Gasteiger charge is 2.19. The number of hydrogen-bond donors (Lipinski definition) is 2. The molecule has 1 aromatic carbocycles. The first kappa shape index (κ1) is 16.0. The van der Waals surface area contributed by atoms with E-state index in [2.05, 4.69) is 4.72 Å². The number of ether oxygens (including phenoxy) is 1. The van der Waals surface area contributed by atoms with Gasteiger partial charge in [-0.05, 0) is 46.5 Å². The number of methoxy groups -OCH3 is 1. The normalized spacial score (nSPS) is 11.5. The lowest BCUT2D eigenvalue weighted by atomic mass is 10.2. The lowest BCUT2D eigenvalue weighted by molar-refractivity contribution is 0.280. The Kier molecular flexibility index (Phi) is 5.35. The zero-order valence-electron chi connectivity index (χ0n) is 11.6. The Morgan fingerprint density at radius 1 is 1.29 bits per heavy atom. The Morgan fingerprint density at radius 3 is 2.71 bits per heavy atom.